The van der Waals surface area contributed by atoms with Gasteiger partial charge in [0.05, 0.1) is 6.42 Å². The van der Waals surface area contributed by atoms with Crippen LogP contribution in [-0.4, -0.2) is 12.7 Å². The number of anilines is 1. The Labute approximate surface area is 83.1 Å². The van der Waals surface area contributed by atoms with Crippen LogP contribution in [0.25, 0.3) is 0 Å². The number of carbonyl (C=O) groups is 2. The van der Waals surface area contributed by atoms with Crippen LogP contribution in [0.2, 0.25) is 0 Å². The van der Waals surface area contributed by atoms with Crippen molar-refractivity contribution in [2.75, 3.05) is 5.32 Å². The fraction of sp³-hybridized carbons (Fsp3) is 0.273. The number of nitrogens with one attached hydrogen (secondary N) is 1. The number of rotatable bonds is 0. The lowest BCUT2D eigenvalue weighted by molar-refractivity contribution is -0.115. The quantitative estimate of drug-likeness (QED) is 0.677. The van der Waals surface area contributed by atoms with E-state index in [1.165, 1.54) is 11.1 Å². The first-order valence-electron chi connectivity index (χ1n) is 4.35. The molecule has 0 bridgehead atoms. The number of aryl methyl sites for hydroxylation is 2. The Morgan fingerprint density at radius 3 is 2.43 bits per heavy atom. The van der Waals surface area contributed by atoms with Crippen molar-refractivity contribution in [3.8, 4) is 0 Å². The van der Waals surface area contributed by atoms with Crippen molar-refractivity contribution in [2.45, 2.75) is 20.3 Å². The highest BCUT2D eigenvalue weighted by atomic mass is 16.1. The predicted octanol–water partition coefficient (Wildman–Crippen LogP) is 1.61. The highest BCUT2D eigenvalue weighted by Crippen LogP contribution is 2.25. The molecule has 1 aliphatic rings. The lowest BCUT2D eigenvalue weighted by atomic mass is 10.0. The number of hydrogen-bond donors (Lipinski definition) is 1. The molecular weight excluding hydrogens is 178 g/mol. The largest absolute Gasteiger partial charge is 0.326 e. The van der Waals surface area contributed by atoms with E-state index in [0.717, 1.165) is 11.3 Å². The molecule has 0 aliphatic carbocycles. The first-order chi connectivity index (χ1) is 6.66. The Bertz CT molecular complexity index is 339. The van der Waals surface area contributed by atoms with Gasteiger partial charge in [-0.1, -0.05) is 6.07 Å². The molecule has 0 fully saturated rings. The smallest absolute Gasteiger partial charge is 0.228 e. The Hall–Kier alpha value is -1.64. The third kappa shape index (κ3) is 1.82. The van der Waals surface area contributed by atoms with Crippen LogP contribution in [0.4, 0.5) is 5.69 Å². The minimum atomic E-state index is 0.106. The number of fused-ring (bicyclic) bond motifs is 1. The van der Waals surface area contributed by atoms with Gasteiger partial charge >= 0.3 is 0 Å². The van der Waals surface area contributed by atoms with Gasteiger partial charge in [-0.15, -0.1) is 0 Å². The van der Waals surface area contributed by atoms with Crippen LogP contribution in [0.1, 0.15) is 16.7 Å². The second-order valence-electron chi connectivity index (χ2n) is 3.32. The SMILES string of the molecule is C=O.Cc1cc2c(cc1C)NC(=O)C2. The summed E-state index contributed by atoms with van der Waals surface area (Å²) in [6.45, 7) is 6.12. The van der Waals surface area contributed by atoms with Crippen LogP contribution in [0.3, 0.4) is 0 Å². The molecule has 74 valence electrons. The van der Waals surface area contributed by atoms with Crippen LogP contribution >= 0.6 is 0 Å². The molecule has 1 aromatic rings. The Morgan fingerprint density at radius 2 is 1.79 bits per heavy atom. The van der Waals surface area contributed by atoms with Crippen molar-refractivity contribution in [3.05, 3.63) is 28.8 Å². The highest BCUT2D eigenvalue weighted by Gasteiger charge is 2.17. The summed E-state index contributed by atoms with van der Waals surface area (Å²) in [6.07, 6.45) is 0.538. The van der Waals surface area contributed by atoms with Gasteiger partial charge in [-0.3, -0.25) is 4.79 Å². The van der Waals surface area contributed by atoms with Gasteiger partial charge < -0.3 is 10.1 Å². The summed E-state index contributed by atoms with van der Waals surface area (Å²) < 4.78 is 0. The Kier molecular flexibility index (Phi) is 3.02. The molecule has 14 heavy (non-hydrogen) atoms. The van der Waals surface area contributed by atoms with Gasteiger partial charge in [0.25, 0.3) is 0 Å². The minimum Gasteiger partial charge on any atom is -0.326 e. The van der Waals surface area contributed by atoms with Crippen LogP contribution < -0.4 is 5.32 Å². The maximum absolute atomic E-state index is 11.0. The van der Waals surface area contributed by atoms with Crippen molar-refractivity contribution in [1.29, 1.82) is 0 Å². The summed E-state index contributed by atoms with van der Waals surface area (Å²) in [5.74, 6) is 0.106. The summed E-state index contributed by atoms with van der Waals surface area (Å²) in [5.41, 5.74) is 4.60. The van der Waals surface area contributed by atoms with E-state index >= 15 is 0 Å². The van der Waals surface area contributed by atoms with E-state index in [1.54, 1.807) is 0 Å². The third-order valence-corrected chi connectivity index (χ3v) is 2.34. The molecule has 0 aromatic heterocycles. The fourth-order valence-corrected chi connectivity index (χ4v) is 1.51. The zero-order valence-corrected chi connectivity index (χ0v) is 8.39. The zero-order chi connectivity index (χ0) is 10.7. The van der Waals surface area contributed by atoms with Gasteiger partial charge in [-0.05, 0) is 36.6 Å². The second-order valence-corrected chi connectivity index (χ2v) is 3.32. The molecule has 3 nitrogen and oxygen atoms in total. The molecule has 1 aliphatic heterocycles. The molecule has 0 radical (unpaired) electrons. The van der Waals surface area contributed by atoms with Crippen LogP contribution in [0, 0.1) is 13.8 Å². The second kappa shape index (κ2) is 4.05. The van der Waals surface area contributed by atoms with Crippen molar-refractivity contribution in [2.24, 2.45) is 0 Å². The molecule has 1 heterocycles. The van der Waals surface area contributed by atoms with Gasteiger partial charge in [0.2, 0.25) is 5.91 Å². The van der Waals surface area contributed by atoms with E-state index < -0.39 is 0 Å². The van der Waals surface area contributed by atoms with Crippen molar-refractivity contribution in [1.82, 2.24) is 0 Å². The van der Waals surface area contributed by atoms with E-state index in [0.29, 0.717) is 6.42 Å². The maximum atomic E-state index is 11.0. The summed E-state index contributed by atoms with van der Waals surface area (Å²) in [4.78, 5) is 19.0. The number of carbonyl (C=O) groups excluding carboxylic acids is 2. The molecule has 3 heteroatoms. The van der Waals surface area contributed by atoms with E-state index in [4.69, 9.17) is 4.79 Å². The molecule has 0 saturated heterocycles. The van der Waals surface area contributed by atoms with E-state index in [-0.39, 0.29) is 5.91 Å². The lowest BCUT2D eigenvalue weighted by Crippen LogP contribution is -2.03. The van der Waals surface area contributed by atoms with E-state index in [9.17, 15) is 4.79 Å². The van der Waals surface area contributed by atoms with Crippen LogP contribution in [0.5, 0.6) is 0 Å². The van der Waals surface area contributed by atoms with Crippen LogP contribution in [-0.2, 0) is 16.0 Å². The van der Waals surface area contributed by atoms with E-state index in [2.05, 4.69) is 25.2 Å². The van der Waals surface area contributed by atoms with Gasteiger partial charge in [0, 0.05) is 5.69 Å². The molecule has 0 atom stereocenters. The number of benzene rings is 1. The summed E-state index contributed by atoms with van der Waals surface area (Å²) in [5, 5.41) is 2.83. The van der Waals surface area contributed by atoms with Crippen LogP contribution in [0.15, 0.2) is 12.1 Å². The normalized spacial score (nSPS) is 12.6. The standard InChI is InChI=1S/C10H11NO.CH2O/c1-6-3-8-5-10(12)11-9(8)4-7(6)2;1-2/h3-4H,5H2,1-2H3,(H,11,12);1H2. The van der Waals surface area contributed by atoms with Crippen molar-refractivity contribution < 1.29 is 9.59 Å². The Balaban J connectivity index is 0.000000461. The molecule has 0 spiro atoms. The van der Waals surface area contributed by atoms with Gasteiger partial charge in [-0.2, -0.15) is 0 Å². The van der Waals surface area contributed by atoms with E-state index in [1.807, 2.05) is 12.9 Å². The summed E-state index contributed by atoms with van der Waals surface area (Å²) in [6, 6.07) is 4.12. The summed E-state index contributed by atoms with van der Waals surface area (Å²) >= 11 is 0. The fourth-order valence-electron chi connectivity index (χ4n) is 1.51. The minimum absolute atomic E-state index is 0.106. The summed E-state index contributed by atoms with van der Waals surface area (Å²) in [7, 11) is 0. The topological polar surface area (TPSA) is 46.2 Å². The monoisotopic (exact) mass is 191 g/mol. The lowest BCUT2D eigenvalue weighted by Gasteiger charge is -2.03. The molecule has 1 amide bonds. The first kappa shape index (κ1) is 10.4. The highest BCUT2D eigenvalue weighted by molar-refractivity contribution is 5.99. The predicted molar refractivity (Wildman–Crippen MR) is 55.4 cm³/mol. The average molecular weight is 191 g/mol. The van der Waals surface area contributed by atoms with Crippen molar-refractivity contribution in [3.63, 3.8) is 0 Å². The molecule has 1 aromatic carbocycles. The van der Waals surface area contributed by atoms with Gasteiger partial charge in [0.15, 0.2) is 0 Å². The first-order valence-corrected chi connectivity index (χ1v) is 4.35. The molecule has 1 N–H and O–H groups in total. The van der Waals surface area contributed by atoms with Gasteiger partial charge in [0.1, 0.15) is 6.79 Å². The zero-order valence-electron chi connectivity index (χ0n) is 8.39. The average Bonchev–Trinajstić information content (AvgIpc) is 2.49. The molecular formula is C11H13NO2. The number of hydrogen-bond acceptors (Lipinski definition) is 2. The molecule has 2 rings (SSSR count). The molecule has 0 saturated carbocycles. The van der Waals surface area contributed by atoms with Gasteiger partial charge in [-0.25, -0.2) is 0 Å². The van der Waals surface area contributed by atoms with Crippen molar-refractivity contribution >= 4 is 18.4 Å². The Morgan fingerprint density at radius 1 is 1.21 bits per heavy atom. The maximum Gasteiger partial charge on any atom is 0.228 e. The number of amides is 1. The third-order valence-electron chi connectivity index (χ3n) is 2.34. The molecule has 0 unspecified atom stereocenters.